The molecule has 2 rings (SSSR count). The summed E-state index contributed by atoms with van der Waals surface area (Å²) < 4.78 is 31.5. The summed E-state index contributed by atoms with van der Waals surface area (Å²) in [6, 6.07) is 9.85. The zero-order valence-electron chi connectivity index (χ0n) is 16.5. The Labute approximate surface area is 161 Å². The van der Waals surface area contributed by atoms with Crippen molar-refractivity contribution in [3.63, 3.8) is 0 Å². The number of carbonyl (C=O) groups is 1. The van der Waals surface area contributed by atoms with Crippen molar-refractivity contribution < 1.29 is 17.9 Å². The van der Waals surface area contributed by atoms with Gasteiger partial charge in [0, 0.05) is 5.69 Å². The highest BCUT2D eigenvalue weighted by molar-refractivity contribution is 7.92. The molecule has 27 heavy (non-hydrogen) atoms. The highest BCUT2D eigenvalue weighted by Crippen LogP contribution is 2.33. The summed E-state index contributed by atoms with van der Waals surface area (Å²) in [6.07, 6.45) is 1.08. The standard InChI is InChI=1S/C20H26N2O4S/c1-13-10-11-19(26-5)18(12-13)22(27(6,24)25)16(4)20(23)21-17-9-7-8-14(2)15(17)3/h7-12,16H,1-6H3,(H,21,23). The van der Waals surface area contributed by atoms with Crippen molar-refractivity contribution in [3.8, 4) is 5.75 Å². The first-order chi connectivity index (χ1) is 12.6. The van der Waals surface area contributed by atoms with Crippen LogP contribution in [0.25, 0.3) is 0 Å². The Balaban J connectivity index is 2.44. The molecule has 6 nitrogen and oxygen atoms in total. The molecule has 0 fully saturated rings. The van der Waals surface area contributed by atoms with E-state index in [4.69, 9.17) is 4.74 Å². The van der Waals surface area contributed by atoms with Crippen LogP contribution in [0.1, 0.15) is 23.6 Å². The molecule has 0 aliphatic heterocycles. The Kier molecular flexibility index (Phi) is 6.15. The predicted octanol–water partition coefficient (Wildman–Crippen LogP) is 3.41. The lowest BCUT2D eigenvalue weighted by Gasteiger charge is -2.29. The lowest BCUT2D eigenvalue weighted by Crippen LogP contribution is -2.45. The fourth-order valence-corrected chi connectivity index (χ4v) is 4.05. The van der Waals surface area contributed by atoms with Crippen LogP contribution in [-0.4, -0.2) is 33.7 Å². The number of nitrogens with zero attached hydrogens (tertiary/aromatic N) is 1. The van der Waals surface area contributed by atoms with Crippen LogP contribution in [0.4, 0.5) is 11.4 Å². The molecule has 146 valence electrons. The highest BCUT2D eigenvalue weighted by Gasteiger charge is 2.31. The molecular weight excluding hydrogens is 364 g/mol. The fraction of sp³-hybridized carbons (Fsp3) is 0.350. The molecule has 0 spiro atoms. The number of benzene rings is 2. The number of carbonyl (C=O) groups excluding carboxylic acids is 1. The van der Waals surface area contributed by atoms with Crippen LogP contribution in [0.15, 0.2) is 36.4 Å². The first kappa shape index (κ1) is 20.8. The van der Waals surface area contributed by atoms with Gasteiger partial charge in [-0.1, -0.05) is 18.2 Å². The molecule has 0 saturated heterocycles. The zero-order chi connectivity index (χ0) is 20.4. The molecule has 0 heterocycles. The molecule has 1 N–H and O–H groups in total. The predicted molar refractivity (Wildman–Crippen MR) is 109 cm³/mol. The Bertz CT molecular complexity index is 954. The number of nitrogens with one attached hydrogen (secondary N) is 1. The summed E-state index contributed by atoms with van der Waals surface area (Å²) in [7, 11) is -2.26. The first-order valence-corrected chi connectivity index (χ1v) is 10.4. The van der Waals surface area contributed by atoms with Crippen LogP contribution in [0, 0.1) is 20.8 Å². The third-order valence-electron chi connectivity index (χ3n) is 4.52. The van der Waals surface area contributed by atoms with Crippen molar-refractivity contribution in [2.75, 3.05) is 23.0 Å². The average molecular weight is 391 g/mol. The number of rotatable bonds is 6. The maximum atomic E-state index is 12.9. The molecule has 1 unspecified atom stereocenters. The van der Waals surface area contributed by atoms with E-state index in [2.05, 4.69) is 5.32 Å². The molecule has 2 aromatic carbocycles. The summed E-state index contributed by atoms with van der Waals surface area (Å²) in [5, 5.41) is 2.84. The SMILES string of the molecule is COc1ccc(C)cc1N(C(C)C(=O)Nc1cccc(C)c1C)S(C)(=O)=O. The number of hydrogen-bond acceptors (Lipinski definition) is 4. The van der Waals surface area contributed by atoms with Gasteiger partial charge in [-0.3, -0.25) is 9.10 Å². The molecule has 7 heteroatoms. The summed E-state index contributed by atoms with van der Waals surface area (Å²) in [5.74, 6) is -0.0323. The zero-order valence-corrected chi connectivity index (χ0v) is 17.3. The van der Waals surface area contributed by atoms with Gasteiger partial charge in [0.15, 0.2) is 0 Å². The molecule has 0 saturated carbocycles. The summed E-state index contributed by atoms with van der Waals surface area (Å²) in [4.78, 5) is 12.9. The number of hydrogen-bond donors (Lipinski definition) is 1. The van der Waals surface area contributed by atoms with Gasteiger partial charge >= 0.3 is 0 Å². The smallest absolute Gasteiger partial charge is 0.248 e. The lowest BCUT2D eigenvalue weighted by molar-refractivity contribution is -0.116. The van der Waals surface area contributed by atoms with E-state index in [0.717, 1.165) is 27.3 Å². The second-order valence-corrected chi connectivity index (χ2v) is 8.51. The molecular formula is C20H26N2O4S. The Morgan fingerprint density at radius 1 is 1.15 bits per heavy atom. The van der Waals surface area contributed by atoms with Crippen molar-refractivity contribution in [2.24, 2.45) is 0 Å². The normalized spacial score (nSPS) is 12.4. The van der Waals surface area contributed by atoms with Gasteiger partial charge in [0.05, 0.1) is 19.1 Å². The number of ether oxygens (including phenoxy) is 1. The maximum absolute atomic E-state index is 12.9. The fourth-order valence-electron chi connectivity index (χ4n) is 2.88. The third kappa shape index (κ3) is 4.60. The van der Waals surface area contributed by atoms with E-state index in [1.54, 1.807) is 25.1 Å². The minimum Gasteiger partial charge on any atom is -0.495 e. The topological polar surface area (TPSA) is 75.7 Å². The van der Waals surface area contributed by atoms with Crippen molar-refractivity contribution in [3.05, 3.63) is 53.1 Å². The monoisotopic (exact) mass is 390 g/mol. The Morgan fingerprint density at radius 2 is 1.81 bits per heavy atom. The van der Waals surface area contributed by atoms with Crippen LogP contribution in [0.3, 0.4) is 0 Å². The largest absolute Gasteiger partial charge is 0.495 e. The lowest BCUT2D eigenvalue weighted by atomic mass is 10.1. The number of sulfonamides is 1. The van der Waals surface area contributed by atoms with Gasteiger partial charge in [-0.15, -0.1) is 0 Å². The minimum atomic E-state index is -3.73. The minimum absolute atomic E-state index is 0.337. The van der Waals surface area contributed by atoms with E-state index >= 15 is 0 Å². The van der Waals surface area contributed by atoms with Gasteiger partial charge in [-0.2, -0.15) is 0 Å². The van der Waals surface area contributed by atoms with Crippen molar-refractivity contribution in [1.29, 1.82) is 0 Å². The van der Waals surface area contributed by atoms with Crippen LogP contribution < -0.4 is 14.4 Å². The molecule has 0 aliphatic rings. The molecule has 0 bridgehead atoms. The Morgan fingerprint density at radius 3 is 2.41 bits per heavy atom. The Hall–Kier alpha value is -2.54. The van der Waals surface area contributed by atoms with Crippen LogP contribution >= 0.6 is 0 Å². The molecule has 0 radical (unpaired) electrons. The summed E-state index contributed by atoms with van der Waals surface area (Å²) >= 11 is 0. The number of anilines is 2. The molecule has 0 aromatic heterocycles. The van der Waals surface area contributed by atoms with Crippen molar-refractivity contribution in [1.82, 2.24) is 0 Å². The van der Waals surface area contributed by atoms with E-state index in [1.807, 2.05) is 39.0 Å². The van der Waals surface area contributed by atoms with E-state index in [-0.39, 0.29) is 0 Å². The van der Waals surface area contributed by atoms with E-state index < -0.39 is 22.0 Å². The molecule has 1 atom stereocenters. The van der Waals surface area contributed by atoms with Gasteiger partial charge in [0.25, 0.3) is 0 Å². The average Bonchev–Trinajstić information content (AvgIpc) is 2.58. The molecule has 0 aliphatic carbocycles. The first-order valence-electron chi connectivity index (χ1n) is 8.57. The van der Waals surface area contributed by atoms with Gasteiger partial charge in [-0.05, 0) is 62.6 Å². The number of aryl methyl sites for hydroxylation is 2. The van der Waals surface area contributed by atoms with E-state index in [9.17, 15) is 13.2 Å². The van der Waals surface area contributed by atoms with Gasteiger partial charge < -0.3 is 10.1 Å². The van der Waals surface area contributed by atoms with Crippen LogP contribution in [0.2, 0.25) is 0 Å². The quantitative estimate of drug-likeness (QED) is 0.820. The second-order valence-electron chi connectivity index (χ2n) is 6.65. The van der Waals surface area contributed by atoms with Gasteiger partial charge in [0.1, 0.15) is 11.8 Å². The van der Waals surface area contributed by atoms with Crippen molar-refractivity contribution in [2.45, 2.75) is 33.7 Å². The third-order valence-corrected chi connectivity index (χ3v) is 5.75. The van der Waals surface area contributed by atoms with Crippen LogP contribution in [-0.2, 0) is 14.8 Å². The summed E-state index contributed by atoms with van der Waals surface area (Å²) in [6.45, 7) is 7.27. The van der Waals surface area contributed by atoms with Gasteiger partial charge in [0.2, 0.25) is 15.9 Å². The maximum Gasteiger partial charge on any atom is 0.248 e. The van der Waals surface area contributed by atoms with Crippen molar-refractivity contribution >= 4 is 27.3 Å². The van der Waals surface area contributed by atoms with Gasteiger partial charge in [-0.25, -0.2) is 8.42 Å². The van der Waals surface area contributed by atoms with E-state index in [1.165, 1.54) is 7.11 Å². The van der Waals surface area contributed by atoms with E-state index in [0.29, 0.717) is 17.1 Å². The second kappa shape index (κ2) is 8.00. The molecule has 2 aromatic rings. The van der Waals surface area contributed by atoms with Crippen LogP contribution in [0.5, 0.6) is 5.75 Å². The highest BCUT2D eigenvalue weighted by atomic mass is 32.2. The summed E-state index contributed by atoms with van der Waals surface area (Å²) in [5.41, 5.74) is 3.85. The number of methoxy groups -OCH3 is 1. The molecule has 1 amide bonds. The number of amides is 1.